The van der Waals surface area contributed by atoms with Gasteiger partial charge in [0, 0.05) is 0 Å². The largest absolute Gasteiger partial charge is 0.206 e. The molecule has 0 bridgehead atoms. The fourth-order valence-electron chi connectivity index (χ4n) is 6.77. The van der Waals surface area contributed by atoms with Crippen LogP contribution in [0.5, 0.6) is 0 Å². The average molecular weight is 471 g/mol. The molecule has 0 N–H and O–H groups in total. The van der Waals surface area contributed by atoms with E-state index in [1.54, 1.807) is 18.2 Å². The van der Waals surface area contributed by atoms with Crippen LogP contribution in [0.3, 0.4) is 0 Å². The summed E-state index contributed by atoms with van der Waals surface area (Å²) in [5, 5.41) is 0.276. The van der Waals surface area contributed by atoms with E-state index in [0.29, 0.717) is 35.3 Å². The third kappa shape index (κ3) is 5.55. The van der Waals surface area contributed by atoms with Gasteiger partial charge < -0.3 is 0 Å². The van der Waals surface area contributed by atoms with Gasteiger partial charge >= 0.3 is 0 Å². The molecule has 3 heteroatoms. The number of halogens is 3. The standard InChI is InChI=1S/C31H41F3/c1-3-5-7-8-9-10-21-12-13-23-19-24(15-14-22(23)18-21)27-17-16-25-20-26(11-6-4-2)29(32)31(34)28(25)30(27)33/h4,16-17,20-24H,2-3,5-15,18-19H2,1H3/t21?,22-,23?,24-/m1/s1. The molecule has 0 aromatic heterocycles. The Balaban J connectivity index is 1.42. The molecule has 2 fully saturated rings. The Morgan fingerprint density at radius 2 is 1.65 bits per heavy atom. The van der Waals surface area contributed by atoms with Crippen LogP contribution in [0.4, 0.5) is 13.2 Å². The monoisotopic (exact) mass is 470 g/mol. The predicted octanol–water partition coefficient (Wildman–Crippen LogP) is 10.0. The Morgan fingerprint density at radius 3 is 2.44 bits per heavy atom. The van der Waals surface area contributed by atoms with Gasteiger partial charge in [-0.2, -0.15) is 0 Å². The van der Waals surface area contributed by atoms with Gasteiger partial charge in [-0.05, 0) is 91.2 Å². The highest BCUT2D eigenvalue weighted by Crippen LogP contribution is 2.49. The normalized spacial score (nSPS) is 24.8. The van der Waals surface area contributed by atoms with Crippen LogP contribution in [0.15, 0.2) is 30.9 Å². The highest BCUT2D eigenvalue weighted by atomic mass is 19.2. The van der Waals surface area contributed by atoms with E-state index < -0.39 is 17.5 Å². The molecule has 0 nitrogen and oxygen atoms in total. The number of fused-ring (bicyclic) bond motifs is 2. The number of unbranched alkanes of at least 4 members (excludes halogenated alkanes) is 4. The van der Waals surface area contributed by atoms with Crippen LogP contribution in [0.1, 0.15) is 107 Å². The number of hydrogen-bond donors (Lipinski definition) is 0. The second kappa shape index (κ2) is 11.8. The molecule has 0 amide bonds. The Bertz CT molecular complexity index is 979. The van der Waals surface area contributed by atoms with Crippen molar-refractivity contribution < 1.29 is 13.2 Å². The highest BCUT2D eigenvalue weighted by molar-refractivity contribution is 5.85. The maximum absolute atomic E-state index is 15.6. The zero-order valence-electron chi connectivity index (χ0n) is 20.9. The first-order valence-corrected chi connectivity index (χ1v) is 13.7. The topological polar surface area (TPSA) is 0 Å². The summed E-state index contributed by atoms with van der Waals surface area (Å²) < 4.78 is 45.1. The Kier molecular flexibility index (Phi) is 8.77. The van der Waals surface area contributed by atoms with E-state index in [4.69, 9.17) is 0 Å². The third-order valence-corrected chi connectivity index (χ3v) is 8.72. The van der Waals surface area contributed by atoms with Crippen molar-refractivity contribution in [2.45, 2.75) is 103 Å². The van der Waals surface area contributed by atoms with Crippen LogP contribution in [-0.4, -0.2) is 0 Å². The molecule has 2 aliphatic carbocycles. The number of benzene rings is 2. The Hall–Kier alpha value is -1.77. The summed E-state index contributed by atoms with van der Waals surface area (Å²) >= 11 is 0. The Labute approximate surface area is 204 Å². The number of allylic oxidation sites excluding steroid dienone is 1. The van der Waals surface area contributed by atoms with Crippen LogP contribution in [-0.2, 0) is 6.42 Å². The third-order valence-electron chi connectivity index (χ3n) is 8.72. The van der Waals surface area contributed by atoms with Crippen LogP contribution in [0, 0.1) is 35.2 Å². The molecule has 4 atom stereocenters. The first-order chi connectivity index (χ1) is 16.5. The molecule has 2 saturated carbocycles. The average Bonchev–Trinajstić information content (AvgIpc) is 2.85. The number of hydrogen-bond acceptors (Lipinski definition) is 0. The van der Waals surface area contributed by atoms with Crippen molar-refractivity contribution in [3.05, 3.63) is 59.4 Å². The Morgan fingerprint density at radius 1 is 0.882 bits per heavy atom. The van der Waals surface area contributed by atoms with Crippen molar-refractivity contribution >= 4 is 10.8 Å². The molecular weight excluding hydrogens is 429 g/mol. The molecule has 2 aromatic carbocycles. The SMILES string of the molecule is C=CCCc1cc2ccc([C@@H]3CC[C@@H]4CC(CCCCCCC)CCC4C3)c(F)c2c(F)c1F. The molecule has 0 heterocycles. The van der Waals surface area contributed by atoms with Crippen molar-refractivity contribution in [3.8, 4) is 0 Å². The minimum absolute atomic E-state index is 0.110. The van der Waals surface area contributed by atoms with E-state index in [1.807, 2.05) is 6.07 Å². The summed E-state index contributed by atoms with van der Waals surface area (Å²) in [7, 11) is 0. The van der Waals surface area contributed by atoms with Crippen LogP contribution in [0.2, 0.25) is 0 Å². The molecule has 34 heavy (non-hydrogen) atoms. The zero-order chi connectivity index (χ0) is 24.1. The minimum atomic E-state index is -1.04. The van der Waals surface area contributed by atoms with Gasteiger partial charge in [-0.3, -0.25) is 0 Å². The predicted molar refractivity (Wildman–Crippen MR) is 137 cm³/mol. The zero-order valence-corrected chi connectivity index (χ0v) is 20.9. The van der Waals surface area contributed by atoms with E-state index in [2.05, 4.69) is 13.5 Å². The van der Waals surface area contributed by atoms with Gasteiger partial charge in [-0.1, -0.05) is 70.1 Å². The molecule has 4 rings (SSSR count). The molecule has 186 valence electrons. The van der Waals surface area contributed by atoms with Gasteiger partial charge in [-0.25, -0.2) is 13.2 Å². The van der Waals surface area contributed by atoms with Crippen molar-refractivity contribution in [2.24, 2.45) is 17.8 Å². The first kappa shape index (κ1) is 25.3. The highest BCUT2D eigenvalue weighted by Gasteiger charge is 2.36. The van der Waals surface area contributed by atoms with Crippen molar-refractivity contribution in [1.82, 2.24) is 0 Å². The smallest absolute Gasteiger partial charge is 0.169 e. The maximum Gasteiger partial charge on any atom is 0.169 e. The molecule has 0 saturated heterocycles. The van der Waals surface area contributed by atoms with Gasteiger partial charge in [0.1, 0.15) is 5.82 Å². The van der Waals surface area contributed by atoms with Gasteiger partial charge in [0.2, 0.25) is 0 Å². The lowest BCUT2D eigenvalue weighted by Crippen LogP contribution is -2.30. The maximum atomic E-state index is 15.6. The summed E-state index contributed by atoms with van der Waals surface area (Å²) in [6, 6.07) is 5.22. The summed E-state index contributed by atoms with van der Waals surface area (Å²) in [6.07, 6.45) is 17.7. The van der Waals surface area contributed by atoms with E-state index in [9.17, 15) is 8.78 Å². The molecule has 2 unspecified atom stereocenters. The fraction of sp³-hybridized carbons (Fsp3) is 0.613. The molecule has 2 aromatic rings. The van der Waals surface area contributed by atoms with Crippen LogP contribution >= 0.6 is 0 Å². The molecular formula is C31H41F3. The lowest BCUT2D eigenvalue weighted by atomic mass is 9.63. The molecule has 0 radical (unpaired) electrons. The summed E-state index contributed by atoms with van der Waals surface area (Å²) in [6.45, 7) is 5.91. The summed E-state index contributed by atoms with van der Waals surface area (Å²) in [5.41, 5.74) is 0.876. The number of rotatable bonds is 10. The molecule has 0 spiro atoms. The lowest BCUT2D eigenvalue weighted by Gasteiger charge is -2.42. The van der Waals surface area contributed by atoms with Crippen LogP contribution in [0.25, 0.3) is 10.8 Å². The fourth-order valence-corrected chi connectivity index (χ4v) is 6.77. The first-order valence-electron chi connectivity index (χ1n) is 13.7. The van der Waals surface area contributed by atoms with E-state index >= 15 is 4.39 Å². The lowest BCUT2D eigenvalue weighted by molar-refractivity contribution is 0.112. The van der Waals surface area contributed by atoms with Crippen molar-refractivity contribution in [2.75, 3.05) is 0 Å². The van der Waals surface area contributed by atoms with E-state index in [-0.39, 0.29) is 11.3 Å². The summed E-state index contributed by atoms with van der Waals surface area (Å²) in [5.74, 6) is -0.119. The quantitative estimate of drug-likeness (QED) is 0.239. The van der Waals surface area contributed by atoms with Gasteiger partial charge in [0.25, 0.3) is 0 Å². The van der Waals surface area contributed by atoms with Crippen LogP contribution < -0.4 is 0 Å². The van der Waals surface area contributed by atoms with Gasteiger partial charge in [0.15, 0.2) is 11.6 Å². The van der Waals surface area contributed by atoms with Crippen molar-refractivity contribution in [1.29, 1.82) is 0 Å². The second-order valence-corrected chi connectivity index (χ2v) is 11.0. The van der Waals surface area contributed by atoms with Crippen molar-refractivity contribution in [3.63, 3.8) is 0 Å². The van der Waals surface area contributed by atoms with Gasteiger partial charge in [0.05, 0.1) is 5.39 Å². The molecule has 0 aliphatic heterocycles. The van der Waals surface area contributed by atoms with E-state index in [0.717, 1.165) is 31.1 Å². The summed E-state index contributed by atoms with van der Waals surface area (Å²) in [4.78, 5) is 0. The second-order valence-electron chi connectivity index (χ2n) is 11.0. The van der Waals surface area contributed by atoms with Gasteiger partial charge in [-0.15, -0.1) is 6.58 Å². The molecule has 2 aliphatic rings. The van der Waals surface area contributed by atoms with E-state index in [1.165, 1.54) is 57.8 Å². The number of aryl methyl sites for hydroxylation is 1. The minimum Gasteiger partial charge on any atom is -0.206 e.